The van der Waals surface area contributed by atoms with E-state index in [0.29, 0.717) is 57.2 Å². The van der Waals surface area contributed by atoms with E-state index in [2.05, 4.69) is 39.5 Å². The lowest BCUT2D eigenvalue weighted by molar-refractivity contribution is -0.147. The lowest BCUT2D eigenvalue weighted by Gasteiger charge is -2.31. The number of carbonyl (C=O) groups excluding carboxylic acids is 1. The van der Waals surface area contributed by atoms with Crippen molar-refractivity contribution in [2.75, 3.05) is 28.5 Å². The molecular formula is C48H64N4O7S. The summed E-state index contributed by atoms with van der Waals surface area (Å²) in [5.74, 6) is -0.803. The normalized spacial score (nSPS) is 22.0. The van der Waals surface area contributed by atoms with Crippen molar-refractivity contribution in [1.29, 1.82) is 0 Å². The van der Waals surface area contributed by atoms with E-state index in [4.69, 9.17) is 4.74 Å². The van der Waals surface area contributed by atoms with E-state index in [1.165, 1.54) is 9.87 Å². The van der Waals surface area contributed by atoms with Crippen molar-refractivity contribution < 1.29 is 33.3 Å². The van der Waals surface area contributed by atoms with Crippen molar-refractivity contribution in [3.63, 3.8) is 0 Å². The molecule has 3 aromatic carbocycles. The molecule has 324 valence electrons. The van der Waals surface area contributed by atoms with Crippen LogP contribution in [0.15, 0.2) is 97.3 Å². The van der Waals surface area contributed by atoms with Crippen molar-refractivity contribution >= 4 is 38.1 Å². The largest absolute Gasteiger partial charge is 0.441 e. The number of nitrogens with zero attached hydrogens (tertiary/aromatic N) is 3. The van der Waals surface area contributed by atoms with E-state index in [9.17, 15) is 28.5 Å². The number of benzene rings is 3. The van der Waals surface area contributed by atoms with Gasteiger partial charge in [0.15, 0.2) is 6.23 Å². The first-order valence-corrected chi connectivity index (χ1v) is 23.4. The van der Waals surface area contributed by atoms with Crippen LogP contribution in [0.3, 0.4) is 0 Å². The van der Waals surface area contributed by atoms with Gasteiger partial charge in [-0.25, -0.2) is 12.7 Å². The summed E-state index contributed by atoms with van der Waals surface area (Å²) in [4.78, 5) is 19.7. The predicted octanol–water partition coefficient (Wildman–Crippen LogP) is 7.52. The van der Waals surface area contributed by atoms with Gasteiger partial charge in [0.2, 0.25) is 10.0 Å². The van der Waals surface area contributed by atoms with Crippen LogP contribution in [-0.2, 0) is 32.5 Å². The summed E-state index contributed by atoms with van der Waals surface area (Å²) < 4.78 is 34.2. The van der Waals surface area contributed by atoms with Crippen molar-refractivity contribution in [3.05, 3.63) is 114 Å². The zero-order chi connectivity index (χ0) is 42.6. The zero-order valence-electron chi connectivity index (χ0n) is 35.4. The van der Waals surface area contributed by atoms with Gasteiger partial charge in [-0.1, -0.05) is 66.7 Å². The maximum absolute atomic E-state index is 13.6. The second kappa shape index (κ2) is 21.5. The molecule has 60 heavy (non-hydrogen) atoms. The van der Waals surface area contributed by atoms with Crippen LogP contribution in [0.1, 0.15) is 88.3 Å². The van der Waals surface area contributed by atoms with Gasteiger partial charge in [0.1, 0.15) is 0 Å². The Morgan fingerprint density at radius 2 is 1.82 bits per heavy atom. The van der Waals surface area contributed by atoms with Gasteiger partial charge in [-0.05, 0) is 125 Å². The number of sulfonamides is 1. The number of carbonyl (C=O) groups is 1. The number of fused-ring (bicyclic) bond motifs is 1. The number of rotatable bonds is 21. The van der Waals surface area contributed by atoms with E-state index in [1.807, 2.05) is 80.0 Å². The summed E-state index contributed by atoms with van der Waals surface area (Å²) in [6.45, 7) is 7.48. The van der Waals surface area contributed by atoms with Crippen LogP contribution >= 0.6 is 0 Å². The number of ether oxygens (including phenoxy) is 1. The Balaban J connectivity index is 0.969. The number of anilines is 2. The number of aliphatic hydroxyl groups excluding tert-OH is 3. The molecule has 1 saturated carbocycles. The predicted molar refractivity (Wildman–Crippen MR) is 239 cm³/mol. The number of likely N-dealkylation sites (tertiary alicyclic amines) is 1. The SMILES string of the molecule is CCS(=O)(=O)N(c1cc(CN2CCC(Nc3cccc4cnccc34)C2)ccc1C)C(C)OC(=O)CCCC=CCC1C(O)CC(O)C1CCC(O)CCc1ccccc1. The number of hydrogen-bond acceptors (Lipinski definition) is 10. The Kier molecular flexibility index (Phi) is 16.2. The summed E-state index contributed by atoms with van der Waals surface area (Å²) in [7, 11) is -3.80. The average Bonchev–Trinajstić information content (AvgIpc) is 3.79. The lowest BCUT2D eigenvalue weighted by Crippen LogP contribution is -2.42. The summed E-state index contributed by atoms with van der Waals surface area (Å²) >= 11 is 0. The number of unbranched alkanes of at least 4 members (excludes halogenated alkanes) is 1. The quantitative estimate of drug-likeness (QED) is 0.0287. The monoisotopic (exact) mass is 840 g/mol. The number of aryl methyl sites for hydroxylation is 2. The fourth-order valence-electron chi connectivity index (χ4n) is 8.97. The molecule has 6 rings (SSSR count). The fraction of sp³-hybridized carbons (Fsp3) is 0.500. The second-order valence-corrected chi connectivity index (χ2v) is 18.9. The summed E-state index contributed by atoms with van der Waals surface area (Å²) in [5, 5.41) is 38.0. The first kappa shape index (κ1) is 45.2. The molecule has 1 aromatic heterocycles. The molecule has 2 fully saturated rings. The molecule has 1 aliphatic heterocycles. The van der Waals surface area contributed by atoms with Gasteiger partial charge in [-0.3, -0.25) is 14.7 Å². The van der Waals surface area contributed by atoms with Crippen LogP contribution in [0.2, 0.25) is 0 Å². The number of nitrogens with one attached hydrogen (secondary N) is 1. The minimum atomic E-state index is -3.80. The first-order chi connectivity index (χ1) is 28.9. The van der Waals surface area contributed by atoms with Gasteiger partial charge in [0.25, 0.3) is 0 Å². The summed E-state index contributed by atoms with van der Waals surface area (Å²) in [6.07, 6.45) is 10.8. The minimum absolute atomic E-state index is 0.0892. The molecule has 4 aromatic rings. The smallest absolute Gasteiger partial charge is 0.307 e. The van der Waals surface area contributed by atoms with E-state index in [0.717, 1.165) is 53.5 Å². The van der Waals surface area contributed by atoms with Crippen LogP contribution in [0, 0.1) is 18.8 Å². The molecule has 1 aliphatic carbocycles. The highest BCUT2D eigenvalue weighted by Crippen LogP contribution is 2.39. The van der Waals surface area contributed by atoms with E-state index in [-0.39, 0.29) is 30.1 Å². The molecule has 4 N–H and O–H groups in total. The number of allylic oxidation sites excluding steroid dienone is 2. The van der Waals surface area contributed by atoms with E-state index < -0.39 is 40.5 Å². The highest BCUT2D eigenvalue weighted by atomic mass is 32.2. The van der Waals surface area contributed by atoms with Crippen LogP contribution in [-0.4, -0.2) is 89.0 Å². The van der Waals surface area contributed by atoms with Crippen molar-refractivity contribution in [2.45, 2.75) is 122 Å². The van der Waals surface area contributed by atoms with Crippen LogP contribution in [0.5, 0.6) is 0 Å². The third-order valence-electron chi connectivity index (χ3n) is 12.3. The third kappa shape index (κ3) is 12.2. The number of pyridine rings is 1. The Labute approximate surface area is 356 Å². The van der Waals surface area contributed by atoms with Gasteiger partial charge in [-0.2, -0.15) is 0 Å². The first-order valence-electron chi connectivity index (χ1n) is 21.8. The number of esters is 1. The Hall–Kier alpha value is -4.33. The van der Waals surface area contributed by atoms with Gasteiger partial charge in [-0.15, -0.1) is 0 Å². The molecule has 7 unspecified atom stereocenters. The highest BCUT2D eigenvalue weighted by molar-refractivity contribution is 7.92. The Morgan fingerprint density at radius 1 is 1.02 bits per heavy atom. The van der Waals surface area contributed by atoms with Gasteiger partial charge >= 0.3 is 5.97 Å². The van der Waals surface area contributed by atoms with E-state index in [1.54, 1.807) is 13.8 Å². The second-order valence-electron chi connectivity index (χ2n) is 16.7. The average molecular weight is 841 g/mol. The Morgan fingerprint density at radius 3 is 2.62 bits per heavy atom. The fourth-order valence-corrected chi connectivity index (χ4v) is 10.2. The molecule has 0 amide bonds. The molecule has 11 nitrogen and oxygen atoms in total. The highest BCUT2D eigenvalue weighted by Gasteiger charge is 2.40. The number of aliphatic hydroxyl groups is 3. The van der Waals surface area contributed by atoms with Crippen LogP contribution in [0.4, 0.5) is 11.4 Å². The van der Waals surface area contributed by atoms with Crippen molar-refractivity contribution in [3.8, 4) is 0 Å². The minimum Gasteiger partial charge on any atom is -0.441 e. The standard InChI is InChI=1S/C48H64N4O7S/c1-4-60(57,58)52(45-29-37(20-19-34(45)2)32-51-28-26-39(33-51)50-44-17-12-15-38-31-49-27-25-41(38)44)35(3)59-48(56)18-11-6-5-10-16-42-43(47(55)30-46(42)54)24-23-40(53)22-21-36-13-8-7-9-14-36/h5,7-10,12-15,17,19-20,25,27,29,31,35,39-40,42-43,46-47,50,53-55H,4,6,11,16,18,21-24,26,28,30,32-33H2,1-3H3. The van der Waals surface area contributed by atoms with Crippen molar-refractivity contribution in [1.82, 2.24) is 9.88 Å². The molecule has 12 heteroatoms. The number of hydrogen-bond donors (Lipinski definition) is 4. The maximum Gasteiger partial charge on any atom is 0.307 e. The van der Waals surface area contributed by atoms with Crippen LogP contribution in [0.25, 0.3) is 10.8 Å². The molecule has 0 spiro atoms. The topological polar surface area (TPSA) is 153 Å². The summed E-state index contributed by atoms with van der Waals surface area (Å²) in [5.41, 5.74) is 4.55. The molecule has 1 saturated heterocycles. The van der Waals surface area contributed by atoms with E-state index >= 15 is 0 Å². The molecule has 0 radical (unpaired) electrons. The Bertz CT molecular complexity index is 2130. The summed E-state index contributed by atoms with van der Waals surface area (Å²) in [6, 6.07) is 24.5. The van der Waals surface area contributed by atoms with Gasteiger partial charge < -0.3 is 25.4 Å². The van der Waals surface area contributed by atoms with Gasteiger partial charge in [0.05, 0.1) is 29.8 Å². The lowest BCUT2D eigenvalue weighted by atomic mass is 9.85. The van der Waals surface area contributed by atoms with Gasteiger partial charge in [0, 0.05) is 61.0 Å². The third-order valence-corrected chi connectivity index (χ3v) is 14.1. The molecular weight excluding hydrogens is 777 g/mol. The van der Waals surface area contributed by atoms with Crippen molar-refractivity contribution in [2.24, 2.45) is 11.8 Å². The molecule has 7 atom stereocenters. The molecule has 0 bridgehead atoms. The maximum atomic E-state index is 13.6. The molecule has 2 aliphatic rings. The number of aromatic nitrogens is 1. The van der Waals surface area contributed by atoms with Crippen LogP contribution < -0.4 is 9.62 Å². The zero-order valence-corrected chi connectivity index (χ0v) is 36.2. The molecule has 2 heterocycles.